The molecule has 4 nitrogen and oxygen atoms in total. The first kappa shape index (κ1) is 18.2. The van der Waals surface area contributed by atoms with Gasteiger partial charge in [0.25, 0.3) is 5.92 Å². The number of piperidine rings is 1. The number of pyridine rings is 1. The van der Waals surface area contributed by atoms with Crippen LogP contribution >= 0.6 is 0 Å². The third-order valence-electron chi connectivity index (χ3n) is 5.97. The van der Waals surface area contributed by atoms with Crippen LogP contribution in [0.5, 0.6) is 5.75 Å². The highest BCUT2D eigenvalue weighted by Gasteiger charge is 2.59. The van der Waals surface area contributed by atoms with Crippen molar-refractivity contribution in [3.05, 3.63) is 54.4 Å². The second-order valence-electron chi connectivity index (χ2n) is 7.68. The second-order valence-corrected chi connectivity index (χ2v) is 7.68. The minimum atomic E-state index is -2.64. The molecule has 0 saturated carbocycles. The molecular weight excluding hydrogens is 348 g/mol. The summed E-state index contributed by atoms with van der Waals surface area (Å²) in [5, 5.41) is 0. The summed E-state index contributed by atoms with van der Waals surface area (Å²) in [5.41, 5.74) is 1.06. The highest BCUT2D eigenvalue weighted by atomic mass is 19.3. The standard InChI is InChI=1S/C21H25F2N3O/c1-27-19-6-4-17(5-7-19)14-25-11-9-21(22,23)20(15-25)8-12-26(16-20)18-3-2-10-24-13-18/h2-7,10,13H,8-9,11-12,14-16H2,1H3/t20-/m1/s1. The number of hydrogen-bond donors (Lipinski definition) is 0. The van der Waals surface area contributed by atoms with Gasteiger partial charge in [0, 0.05) is 45.3 Å². The lowest BCUT2D eigenvalue weighted by atomic mass is 9.75. The van der Waals surface area contributed by atoms with Crippen LogP contribution in [-0.2, 0) is 6.54 Å². The Labute approximate surface area is 158 Å². The maximum Gasteiger partial charge on any atom is 0.257 e. The minimum Gasteiger partial charge on any atom is -0.497 e. The zero-order chi connectivity index (χ0) is 18.9. The summed E-state index contributed by atoms with van der Waals surface area (Å²) < 4.78 is 35.2. The van der Waals surface area contributed by atoms with Crippen LogP contribution in [-0.4, -0.2) is 49.1 Å². The molecule has 3 heterocycles. The number of halogens is 2. The van der Waals surface area contributed by atoms with Crippen molar-refractivity contribution in [2.45, 2.75) is 25.3 Å². The Kier molecular flexibility index (Phi) is 4.76. The number of likely N-dealkylation sites (tertiary alicyclic amines) is 1. The van der Waals surface area contributed by atoms with E-state index in [2.05, 4.69) is 14.8 Å². The van der Waals surface area contributed by atoms with E-state index in [1.807, 2.05) is 36.4 Å². The first-order valence-electron chi connectivity index (χ1n) is 9.39. The van der Waals surface area contributed by atoms with E-state index in [1.165, 1.54) is 0 Å². The molecule has 0 unspecified atom stereocenters. The van der Waals surface area contributed by atoms with Crippen molar-refractivity contribution in [1.29, 1.82) is 0 Å². The van der Waals surface area contributed by atoms with E-state index in [0.717, 1.165) is 17.0 Å². The smallest absolute Gasteiger partial charge is 0.257 e. The molecular formula is C21H25F2N3O. The summed E-state index contributed by atoms with van der Waals surface area (Å²) in [6, 6.07) is 11.7. The molecule has 6 heteroatoms. The quantitative estimate of drug-likeness (QED) is 0.815. The van der Waals surface area contributed by atoms with E-state index < -0.39 is 11.3 Å². The van der Waals surface area contributed by atoms with Crippen LogP contribution in [0, 0.1) is 5.41 Å². The van der Waals surface area contributed by atoms with Gasteiger partial charge in [-0.1, -0.05) is 12.1 Å². The van der Waals surface area contributed by atoms with Crippen LogP contribution in [0.2, 0.25) is 0 Å². The average Bonchev–Trinajstić information content (AvgIpc) is 3.12. The van der Waals surface area contributed by atoms with E-state index in [4.69, 9.17) is 4.74 Å². The molecule has 4 rings (SSSR count). The fourth-order valence-electron chi connectivity index (χ4n) is 4.37. The maximum atomic E-state index is 15.0. The number of aromatic nitrogens is 1. The summed E-state index contributed by atoms with van der Waals surface area (Å²) in [6.07, 6.45) is 3.90. The maximum absolute atomic E-state index is 15.0. The van der Waals surface area contributed by atoms with Gasteiger partial charge in [-0.15, -0.1) is 0 Å². The number of rotatable bonds is 4. The van der Waals surface area contributed by atoms with Gasteiger partial charge >= 0.3 is 0 Å². The molecule has 2 aliphatic heterocycles. The summed E-state index contributed by atoms with van der Waals surface area (Å²) in [4.78, 5) is 8.36. The Bertz CT molecular complexity index is 769. The number of methoxy groups -OCH3 is 1. The van der Waals surface area contributed by atoms with E-state index in [-0.39, 0.29) is 6.42 Å². The van der Waals surface area contributed by atoms with Crippen LogP contribution < -0.4 is 9.64 Å². The van der Waals surface area contributed by atoms with Crippen LogP contribution in [0.3, 0.4) is 0 Å². The van der Waals surface area contributed by atoms with Crippen molar-refractivity contribution in [3.63, 3.8) is 0 Å². The zero-order valence-electron chi connectivity index (χ0n) is 15.6. The molecule has 144 valence electrons. The normalized spacial score (nSPS) is 25.1. The molecule has 2 fully saturated rings. The van der Waals surface area contributed by atoms with Gasteiger partial charge in [0.2, 0.25) is 0 Å². The third kappa shape index (κ3) is 3.50. The SMILES string of the molecule is COc1ccc(CN2CCC(F)(F)[C@]3(CCN(c4cccnc4)C3)C2)cc1. The Morgan fingerprint density at radius 3 is 2.59 bits per heavy atom. The van der Waals surface area contributed by atoms with Gasteiger partial charge in [-0.25, -0.2) is 8.78 Å². The van der Waals surface area contributed by atoms with Gasteiger partial charge < -0.3 is 9.64 Å². The fourth-order valence-corrected chi connectivity index (χ4v) is 4.37. The lowest BCUT2D eigenvalue weighted by Crippen LogP contribution is -2.56. The number of nitrogens with zero attached hydrogens (tertiary/aromatic N) is 3. The second kappa shape index (κ2) is 7.08. The Balaban J connectivity index is 1.49. The number of benzene rings is 1. The largest absolute Gasteiger partial charge is 0.497 e. The van der Waals surface area contributed by atoms with Crippen molar-refractivity contribution in [2.75, 3.05) is 38.2 Å². The molecule has 1 spiro atoms. The molecule has 2 saturated heterocycles. The van der Waals surface area contributed by atoms with Gasteiger partial charge in [0.05, 0.1) is 24.4 Å². The van der Waals surface area contributed by atoms with Gasteiger partial charge in [0.1, 0.15) is 5.75 Å². The molecule has 1 atom stereocenters. The first-order chi connectivity index (χ1) is 13.0. The van der Waals surface area contributed by atoms with Crippen molar-refractivity contribution >= 4 is 5.69 Å². The third-order valence-corrected chi connectivity index (χ3v) is 5.97. The van der Waals surface area contributed by atoms with Gasteiger partial charge in [-0.05, 0) is 36.2 Å². The van der Waals surface area contributed by atoms with Gasteiger partial charge in [-0.2, -0.15) is 0 Å². The zero-order valence-corrected chi connectivity index (χ0v) is 15.6. The highest BCUT2D eigenvalue weighted by Crippen LogP contribution is 2.50. The summed E-state index contributed by atoms with van der Waals surface area (Å²) in [6.45, 7) is 2.56. The molecule has 0 N–H and O–H groups in total. The number of alkyl halides is 2. The van der Waals surface area contributed by atoms with E-state index in [0.29, 0.717) is 39.1 Å². The van der Waals surface area contributed by atoms with Crippen LogP contribution in [0.25, 0.3) is 0 Å². The Hall–Kier alpha value is -2.21. The van der Waals surface area contributed by atoms with Crippen molar-refractivity contribution in [2.24, 2.45) is 5.41 Å². The minimum absolute atomic E-state index is 0.0793. The first-order valence-corrected chi connectivity index (χ1v) is 9.39. The lowest BCUT2D eigenvalue weighted by Gasteiger charge is -2.46. The van der Waals surface area contributed by atoms with E-state index in [1.54, 1.807) is 19.5 Å². The predicted octanol–water partition coefficient (Wildman–Crippen LogP) is 3.83. The van der Waals surface area contributed by atoms with Crippen molar-refractivity contribution < 1.29 is 13.5 Å². The molecule has 1 aromatic heterocycles. The van der Waals surface area contributed by atoms with Crippen molar-refractivity contribution in [1.82, 2.24) is 9.88 Å². The number of anilines is 1. The predicted molar refractivity (Wildman–Crippen MR) is 101 cm³/mol. The molecule has 1 aromatic carbocycles. The van der Waals surface area contributed by atoms with Crippen LogP contribution in [0.1, 0.15) is 18.4 Å². The summed E-state index contributed by atoms with van der Waals surface area (Å²) in [7, 11) is 1.64. The average molecular weight is 373 g/mol. The van der Waals surface area contributed by atoms with E-state index >= 15 is 0 Å². The summed E-state index contributed by atoms with van der Waals surface area (Å²) >= 11 is 0. The van der Waals surface area contributed by atoms with Crippen molar-refractivity contribution in [3.8, 4) is 5.75 Å². The molecule has 0 bridgehead atoms. The topological polar surface area (TPSA) is 28.6 Å². The van der Waals surface area contributed by atoms with E-state index in [9.17, 15) is 8.78 Å². The Morgan fingerprint density at radius 2 is 1.89 bits per heavy atom. The number of hydrogen-bond acceptors (Lipinski definition) is 4. The van der Waals surface area contributed by atoms with Gasteiger partial charge in [-0.3, -0.25) is 9.88 Å². The lowest BCUT2D eigenvalue weighted by molar-refractivity contribution is -0.158. The monoisotopic (exact) mass is 373 g/mol. The fraction of sp³-hybridized carbons (Fsp3) is 0.476. The molecule has 0 radical (unpaired) electrons. The van der Waals surface area contributed by atoms with Crippen LogP contribution in [0.15, 0.2) is 48.8 Å². The molecule has 2 aliphatic rings. The number of ether oxygens (including phenoxy) is 1. The van der Waals surface area contributed by atoms with Gasteiger partial charge in [0.15, 0.2) is 0 Å². The van der Waals surface area contributed by atoms with Crippen LogP contribution in [0.4, 0.5) is 14.5 Å². The Morgan fingerprint density at radius 1 is 1.07 bits per heavy atom. The molecule has 2 aromatic rings. The summed E-state index contributed by atoms with van der Waals surface area (Å²) in [5.74, 6) is -1.83. The highest BCUT2D eigenvalue weighted by molar-refractivity contribution is 5.45. The molecule has 27 heavy (non-hydrogen) atoms. The molecule has 0 amide bonds. The molecule has 0 aliphatic carbocycles.